The molecular weight excluding hydrogens is 270 g/mol. The van der Waals surface area contributed by atoms with E-state index in [1.54, 1.807) is 7.05 Å². The van der Waals surface area contributed by atoms with Gasteiger partial charge in [-0.1, -0.05) is 33.3 Å². The van der Waals surface area contributed by atoms with Crippen LogP contribution < -0.4 is 0 Å². The number of Topliss-reactive ketones (excluding diaryl/α,β-unsaturated/α-hetero) is 1. The van der Waals surface area contributed by atoms with Gasteiger partial charge in [-0.15, -0.1) is 5.10 Å². The number of nitrogens with zero attached hydrogens (tertiary/aromatic N) is 3. The van der Waals surface area contributed by atoms with E-state index in [1.807, 2.05) is 24.3 Å². The molecule has 82 valence electrons. The molecule has 0 aliphatic carbocycles. The van der Waals surface area contributed by atoms with Gasteiger partial charge in [-0.3, -0.25) is 4.79 Å². The molecule has 0 saturated heterocycles. The fourth-order valence-electron chi connectivity index (χ4n) is 1.42. The first kappa shape index (κ1) is 11.0. The number of aromatic nitrogens is 3. The van der Waals surface area contributed by atoms with Crippen molar-refractivity contribution in [2.75, 3.05) is 0 Å². The van der Waals surface area contributed by atoms with E-state index in [1.165, 1.54) is 10.9 Å². The third-order valence-electron chi connectivity index (χ3n) is 2.28. The minimum atomic E-state index is 0.0230. The molecule has 1 aromatic heterocycles. The zero-order chi connectivity index (χ0) is 11.5. The Kier molecular flexibility index (Phi) is 3.14. The van der Waals surface area contributed by atoms with Gasteiger partial charge in [0.2, 0.25) is 0 Å². The Hall–Kier alpha value is -1.49. The third-order valence-corrected chi connectivity index (χ3v) is 2.81. The van der Waals surface area contributed by atoms with Gasteiger partial charge in [0.1, 0.15) is 5.69 Å². The van der Waals surface area contributed by atoms with Gasteiger partial charge in [-0.25, -0.2) is 4.68 Å². The molecule has 0 aliphatic rings. The molecule has 0 amide bonds. The molecule has 16 heavy (non-hydrogen) atoms. The van der Waals surface area contributed by atoms with Crippen molar-refractivity contribution in [3.63, 3.8) is 0 Å². The van der Waals surface area contributed by atoms with E-state index in [0.717, 1.165) is 10.0 Å². The van der Waals surface area contributed by atoms with Crippen LogP contribution in [0.5, 0.6) is 0 Å². The summed E-state index contributed by atoms with van der Waals surface area (Å²) in [5, 5.41) is 7.41. The topological polar surface area (TPSA) is 47.8 Å². The van der Waals surface area contributed by atoms with E-state index in [9.17, 15) is 4.79 Å². The highest BCUT2D eigenvalue weighted by Crippen LogP contribution is 2.12. The van der Waals surface area contributed by atoms with Gasteiger partial charge in [0.15, 0.2) is 5.78 Å². The summed E-state index contributed by atoms with van der Waals surface area (Å²) in [6.07, 6.45) is 1.86. The Morgan fingerprint density at radius 2 is 2.06 bits per heavy atom. The largest absolute Gasteiger partial charge is 0.292 e. The lowest BCUT2D eigenvalue weighted by molar-refractivity contribution is 0.0984. The molecule has 0 fully saturated rings. The first-order valence-corrected chi connectivity index (χ1v) is 5.58. The maximum atomic E-state index is 11.9. The summed E-state index contributed by atoms with van der Waals surface area (Å²) in [6, 6.07) is 7.69. The molecule has 4 nitrogen and oxygen atoms in total. The lowest BCUT2D eigenvalue weighted by Gasteiger charge is -2.01. The van der Waals surface area contributed by atoms with E-state index in [-0.39, 0.29) is 5.78 Å². The van der Waals surface area contributed by atoms with Crippen LogP contribution in [0.15, 0.2) is 34.9 Å². The average molecular weight is 280 g/mol. The fourth-order valence-corrected chi connectivity index (χ4v) is 1.68. The Morgan fingerprint density at radius 1 is 1.38 bits per heavy atom. The predicted octanol–water partition coefficient (Wildman–Crippen LogP) is 2.00. The Labute approximate surface area is 101 Å². The van der Waals surface area contributed by atoms with Crippen LogP contribution in [0.4, 0.5) is 0 Å². The van der Waals surface area contributed by atoms with Crippen molar-refractivity contribution in [3.8, 4) is 0 Å². The number of rotatable bonds is 3. The molecule has 0 bridgehead atoms. The Morgan fingerprint density at radius 3 is 2.62 bits per heavy atom. The van der Waals surface area contributed by atoms with Gasteiger partial charge in [-0.05, 0) is 17.7 Å². The van der Waals surface area contributed by atoms with Gasteiger partial charge >= 0.3 is 0 Å². The molecule has 1 heterocycles. The van der Waals surface area contributed by atoms with Gasteiger partial charge < -0.3 is 0 Å². The molecular formula is C11H10BrN3O. The maximum Gasteiger partial charge on any atom is 0.186 e. The van der Waals surface area contributed by atoms with Crippen LogP contribution >= 0.6 is 15.9 Å². The van der Waals surface area contributed by atoms with Crippen molar-refractivity contribution >= 4 is 21.7 Å². The molecule has 5 heteroatoms. The molecule has 2 rings (SSSR count). The maximum absolute atomic E-state index is 11.9. The third kappa shape index (κ3) is 2.36. The molecule has 1 aromatic carbocycles. The number of carbonyl (C=O) groups is 1. The summed E-state index contributed by atoms with van der Waals surface area (Å²) >= 11 is 3.35. The standard InChI is InChI=1S/C11H10BrN3O/c1-15-10(7-13-14-15)11(16)6-8-2-4-9(12)5-3-8/h2-5,7H,6H2,1H3. The minimum Gasteiger partial charge on any atom is -0.292 e. The van der Waals surface area contributed by atoms with Crippen molar-refractivity contribution in [2.45, 2.75) is 6.42 Å². The highest BCUT2D eigenvalue weighted by Gasteiger charge is 2.11. The van der Waals surface area contributed by atoms with Crippen molar-refractivity contribution < 1.29 is 4.79 Å². The second kappa shape index (κ2) is 4.57. The molecule has 2 aromatic rings. The van der Waals surface area contributed by atoms with Crippen LogP contribution in [0.2, 0.25) is 0 Å². The number of halogens is 1. The number of ketones is 1. The van der Waals surface area contributed by atoms with Crippen LogP contribution in [0, 0.1) is 0 Å². The van der Waals surface area contributed by atoms with Gasteiger partial charge in [-0.2, -0.15) is 0 Å². The van der Waals surface area contributed by atoms with Crippen LogP contribution in [0.1, 0.15) is 16.1 Å². The van der Waals surface area contributed by atoms with Crippen LogP contribution in [-0.2, 0) is 13.5 Å². The molecule has 0 radical (unpaired) electrons. The van der Waals surface area contributed by atoms with Crippen molar-refractivity contribution in [2.24, 2.45) is 7.05 Å². The molecule has 0 aliphatic heterocycles. The summed E-state index contributed by atoms with van der Waals surface area (Å²) in [6.45, 7) is 0. The molecule has 0 atom stereocenters. The number of benzene rings is 1. The highest BCUT2D eigenvalue weighted by atomic mass is 79.9. The van der Waals surface area contributed by atoms with E-state index >= 15 is 0 Å². The Bertz CT molecular complexity index is 504. The fraction of sp³-hybridized carbons (Fsp3) is 0.182. The number of hydrogen-bond acceptors (Lipinski definition) is 3. The zero-order valence-corrected chi connectivity index (χ0v) is 10.3. The molecule has 0 spiro atoms. The lowest BCUT2D eigenvalue weighted by Crippen LogP contribution is -2.09. The minimum absolute atomic E-state index is 0.0230. The predicted molar refractivity (Wildman–Crippen MR) is 63.2 cm³/mol. The highest BCUT2D eigenvalue weighted by molar-refractivity contribution is 9.10. The van der Waals surface area contributed by atoms with Crippen molar-refractivity contribution in [3.05, 3.63) is 46.2 Å². The number of hydrogen-bond donors (Lipinski definition) is 0. The SMILES string of the molecule is Cn1nncc1C(=O)Cc1ccc(Br)cc1. The number of carbonyl (C=O) groups excluding carboxylic acids is 1. The van der Waals surface area contributed by atoms with E-state index in [4.69, 9.17) is 0 Å². The quantitative estimate of drug-likeness (QED) is 0.808. The first-order valence-electron chi connectivity index (χ1n) is 4.79. The zero-order valence-electron chi connectivity index (χ0n) is 8.72. The van der Waals surface area contributed by atoms with Crippen molar-refractivity contribution in [1.82, 2.24) is 15.0 Å². The average Bonchev–Trinajstić information content (AvgIpc) is 2.68. The monoisotopic (exact) mass is 279 g/mol. The second-order valence-electron chi connectivity index (χ2n) is 3.47. The first-order chi connectivity index (χ1) is 7.66. The van der Waals surface area contributed by atoms with Gasteiger partial charge in [0.05, 0.1) is 6.20 Å². The second-order valence-corrected chi connectivity index (χ2v) is 4.38. The molecule has 0 N–H and O–H groups in total. The summed E-state index contributed by atoms with van der Waals surface area (Å²) < 4.78 is 2.49. The Balaban J connectivity index is 2.14. The normalized spacial score (nSPS) is 10.4. The summed E-state index contributed by atoms with van der Waals surface area (Å²) in [5.74, 6) is 0.0230. The van der Waals surface area contributed by atoms with Crippen LogP contribution in [0.3, 0.4) is 0 Å². The van der Waals surface area contributed by atoms with Gasteiger partial charge in [0, 0.05) is 17.9 Å². The summed E-state index contributed by atoms with van der Waals surface area (Å²) in [7, 11) is 1.71. The van der Waals surface area contributed by atoms with E-state index in [2.05, 4.69) is 26.2 Å². The van der Waals surface area contributed by atoms with Crippen LogP contribution in [0.25, 0.3) is 0 Å². The van der Waals surface area contributed by atoms with Crippen LogP contribution in [-0.4, -0.2) is 20.8 Å². The summed E-state index contributed by atoms with van der Waals surface area (Å²) in [4.78, 5) is 11.9. The van der Waals surface area contributed by atoms with E-state index in [0.29, 0.717) is 12.1 Å². The summed E-state index contributed by atoms with van der Waals surface area (Å²) in [5.41, 5.74) is 1.51. The smallest absolute Gasteiger partial charge is 0.186 e. The number of aryl methyl sites for hydroxylation is 1. The molecule has 0 saturated carbocycles. The van der Waals surface area contributed by atoms with Crippen molar-refractivity contribution in [1.29, 1.82) is 0 Å². The molecule has 0 unspecified atom stereocenters. The van der Waals surface area contributed by atoms with Gasteiger partial charge in [0.25, 0.3) is 0 Å². The van der Waals surface area contributed by atoms with E-state index < -0.39 is 0 Å². The lowest BCUT2D eigenvalue weighted by atomic mass is 10.1.